The predicted octanol–water partition coefficient (Wildman–Crippen LogP) is 1.48. The van der Waals surface area contributed by atoms with Crippen LogP contribution < -0.4 is 0 Å². The third-order valence-electron chi connectivity index (χ3n) is 2.08. The highest BCUT2D eigenvalue weighted by Crippen LogP contribution is 2.21. The number of rotatable bonds is 4. The van der Waals surface area contributed by atoms with Gasteiger partial charge in [-0.25, -0.2) is 4.79 Å². The van der Waals surface area contributed by atoms with Gasteiger partial charge in [-0.1, -0.05) is 0 Å². The first-order valence-electron chi connectivity index (χ1n) is 4.46. The fourth-order valence-corrected chi connectivity index (χ4v) is 1.56. The molecule has 0 amide bonds. The maximum Gasteiger partial charge on any atom is 0.332 e. The van der Waals surface area contributed by atoms with Crippen LogP contribution in [0.15, 0.2) is 4.47 Å². The summed E-state index contributed by atoms with van der Waals surface area (Å²) in [5, 5.41) is 12.8. The van der Waals surface area contributed by atoms with Crippen molar-refractivity contribution in [1.29, 1.82) is 0 Å². The van der Waals surface area contributed by atoms with E-state index in [4.69, 9.17) is 9.84 Å². The number of hydrogen-bond acceptors (Lipinski definition) is 3. The second kappa shape index (κ2) is 4.76. The molecule has 1 heterocycles. The highest BCUT2D eigenvalue weighted by Gasteiger charge is 2.15. The first-order valence-corrected chi connectivity index (χ1v) is 5.25. The van der Waals surface area contributed by atoms with Gasteiger partial charge in [-0.2, -0.15) is 5.10 Å². The van der Waals surface area contributed by atoms with Crippen LogP contribution in [0.1, 0.15) is 18.3 Å². The lowest BCUT2D eigenvalue weighted by atomic mass is 10.3. The summed E-state index contributed by atoms with van der Waals surface area (Å²) in [6.07, 6.45) is -0.813. The number of carboxylic acid groups (broad SMARTS) is 1. The van der Waals surface area contributed by atoms with Gasteiger partial charge in [-0.15, -0.1) is 0 Å². The van der Waals surface area contributed by atoms with Gasteiger partial charge in [0.1, 0.15) is 0 Å². The first-order chi connectivity index (χ1) is 6.93. The molecule has 0 saturated heterocycles. The minimum atomic E-state index is -0.968. The summed E-state index contributed by atoms with van der Waals surface area (Å²) in [6, 6.07) is 0. The lowest BCUT2D eigenvalue weighted by molar-refractivity contribution is -0.150. The number of aliphatic carboxylic acids is 1. The fraction of sp³-hybridized carbons (Fsp3) is 0.556. The van der Waals surface area contributed by atoms with Crippen molar-refractivity contribution >= 4 is 21.9 Å². The van der Waals surface area contributed by atoms with Crippen LogP contribution in [0, 0.1) is 6.92 Å². The summed E-state index contributed by atoms with van der Waals surface area (Å²) in [5.74, 6) is -0.968. The number of aryl methyl sites for hydroxylation is 2. The van der Waals surface area contributed by atoms with Crippen molar-refractivity contribution in [2.45, 2.75) is 26.6 Å². The second-order valence-electron chi connectivity index (χ2n) is 3.26. The summed E-state index contributed by atoms with van der Waals surface area (Å²) in [4.78, 5) is 10.5. The number of halogens is 1. The SMILES string of the molecule is Cc1nn(C)c(COC(C)C(=O)O)c1Br. The Kier molecular flexibility index (Phi) is 3.87. The summed E-state index contributed by atoms with van der Waals surface area (Å²) in [6.45, 7) is 3.60. The van der Waals surface area contributed by atoms with Gasteiger partial charge in [-0.3, -0.25) is 4.68 Å². The maximum atomic E-state index is 10.5. The fourth-order valence-electron chi connectivity index (χ4n) is 1.11. The predicted molar refractivity (Wildman–Crippen MR) is 57.5 cm³/mol. The van der Waals surface area contributed by atoms with E-state index in [9.17, 15) is 4.79 Å². The average Bonchev–Trinajstić information content (AvgIpc) is 2.38. The molecule has 15 heavy (non-hydrogen) atoms. The monoisotopic (exact) mass is 276 g/mol. The van der Waals surface area contributed by atoms with Crippen molar-refractivity contribution < 1.29 is 14.6 Å². The summed E-state index contributed by atoms with van der Waals surface area (Å²) < 4.78 is 7.71. The van der Waals surface area contributed by atoms with Gasteiger partial charge in [0, 0.05) is 7.05 Å². The molecule has 1 atom stereocenters. The second-order valence-corrected chi connectivity index (χ2v) is 4.05. The van der Waals surface area contributed by atoms with Crippen LogP contribution in [0.3, 0.4) is 0 Å². The molecule has 0 fully saturated rings. The van der Waals surface area contributed by atoms with Crippen LogP contribution in [0.5, 0.6) is 0 Å². The topological polar surface area (TPSA) is 64.4 Å². The Hall–Kier alpha value is -0.880. The Morgan fingerprint density at radius 1 is 1.73 bits per heavy atom. The van der Waals surface area contributed by atoms with Crippen LogP contribution in [0.25, 0.3) is 0 Å². The van der Waals surface area contributed by atoms with Crippen molar-refractivity contribution in [3.05, 3.63) is 15.9 Å². The molecule has 0 aliphatic heterocycles. The molecular formula is C9H13BrN2O3. The van der Waals surface area contributed by atoms with Crippen molar-refractivity contribution in [2.75, 3.05) is 0 Å². The molecule has 1 unspecified atom stereocenters. The normalized spacial score (nSPS) is 12.8. The molecule has 1 rings (SSSR count). The quantitative estimate of drug-likeness (QED) is 0.905. The minimum Gasteiger partial charge on any atom is -0.479 e. The third kappa shape index (κ3) is 2.79. The molecule has 6 heteroatoms. The lowest BCUT2D eigenvalue weighted by Gasteiger charge is -2.08. The molecule has 0 saturated carbocycles. The van der Waals surface area contributed by atoms with Gasteiger partial charge >= 0.3 is 5.97 Å². The molecule has 0 bridgehead atoms. The average molecular weight is 277 g/mol. The van der Waals surface area contributed by atoms with Gasteiger partial charge in [0.15, 0.2) is 6.10 Å². The molecule has 0 aliphatic carbocycles. The van der Waals surface area contributed by atoms with E-state index in [-0.39, 0.29) is 6.61 Å². The van der Waals surface area contributed by atoms with Crippen LogP contribution in [-0.4, -0.2) is 27.0 Å². The molecule has 0 spiro atoms. The van der Waals surface area contributed by atoms with E-state index < -0.39 is 12.1 Å². The first kappa shape index (κ1) is 12.2. The van der Waals surface area contributed by atoms with Crippen LogP contribution in [0.4, 0.5) is 0 Å². The number of aromatic nitrogens is 2. The Labute approximate surface area is 96.2 Å². The molecule has 1 aromatic heterocycles. The van der Waals surface area contributed by atoms with Gasteiger partial charge in [0.05, 0.1) is 22.5 Å². The zero-order valence-corrected chi connectivity index (χ0v) is 10.4. The van der Waals surface area contributed by atoms with Crippen LogP contribution in [0.2, 0.25) is 0 Å². The zero-order valence-electron chi connectivity index (χ0n) is 8.82. The molecule has 1 N–H and O–H groups in total. The standard InChI is InChI=1S/C9H13BrN2O3/c1-5-8(10)7(12(3)11-5)4-15-6(2)9(13)14/h6H,4H2,1-3H3,(H,13,14). The highest BCUT2D eigenvalue weighted by atomic mass is 79.9. The smallest absolute Gasteiger partial charge is 0.332 e. The number of hydrogen-bond donors (Lipinski definition) is 1. The van der Waals surface area contributed by atoms with E-state index in [0.29, 0.717) is 0 Å². The van der Waals surface area contributed by atoms with Crippen molar-refractivity contribution in [2.24, 2.45) is 7.05 Å². The van der Waals surface area contributed by atoms with E-state index in [0.717, 1.165) is 15.9 Å². The van der Waals surface area contributed by atoms with Gasteiger partial charge in [0.2, 0.25) is 0 Å². The van der Waals surface area contributed by atoms with Gasteiger partial charge in [0.25, 0.3) is 0 Å². The molecule has 0 radical (unpaired) electrons. The summed E-state index contributed by atoms with van der Waals surface area (Å²) in [7, 11) is 1.79. The number of ether oxygens (including phenoxy) is 1. The Morgan fingerprint density at radius 2 is 2.33 bits per heavy atom. The Morgan fingerprint density at radius 3 is 2.73 bits per heavy atom. The van der Waals surface area contributed by atoms with Crippen LogP contribution >= 0.6 is 15.9 Å². The number of carboxylic acids is 1. The van der Waals surface area contributed by atoms with E-state index >= 15 is 0 Å². The highest BCUT2D eigenvalue weighted by molar-refractivity contribution is 9.10. The van der Waals surface area contributed by atoms with Crippen molar-refractivity contribution in [3.8, 4) is 0 Å². The number of nitrogens with zero attached hydrogens (tertiary/aromatic N) is 2. The molecular weight excluding hydrogens is 264 g/mol. The van der Waals surface area contributed by atoms with E-state index in [1.165, 1.54) is 6.92 Å². The van der Waals surface area contributed by atoms with E-state index in [2.05, 4.69) is 21.0 Å². The minimum absolute atomic E-state index is 0.228. The molecule has 0 aliphatic rings. The molecule has 5 nitrogen and oxygen atoms in total. The largest absolute Gasteiger partial charge is 0.479 e. The Balaban J connectivity index is 2.69. The van der Waals surface area contributed by atoms with Gasteiger partial charge < -0.3 is 9.84 Å². The van der Waals surface area contributed by atoms with Crippen molar-refractivity contribution in [1.82, 2.24) is 9.78 Å². The summed E-state index contributed by atoms with van der Waals surface area (Å²) in [5.41, 5.74) is 1.69. The number of carbonyl (C=O) groups is 1. The summed E-state index contributed by atoms with van der Waals surface area (Å²) >= 11 is 3.38. The Bertz CT molecular complexity index is 376. The maximum absolute atomic E-state index is 10.5. The molecule has 0 aromatic carbocycles. The van der Waals surface area contributed by atoms with Gasteiger partial charge in [-0.05, 0) is 29.8 Å². The van der Waals surface area contributed by atoms with E-state index in [1.807, 2.05) is 6.92 Å². The van der Waals surface area contributed by atoms with Crippen molar-refractivity contribution in [3.63, 3.8) is 0 Å². The lowest BCUT2D eigenvalue weighted by Crippen LogP contribution is -2.20. The molecule has 1 aromatic rings. The zero-order chi connectivity index (χ0) is 11.6. The van der Waals surface area contributed by atoms with E-state index in [1.54, 1.807) is 11.7 Å². The molecule has 84 valence electrons. The van der Waals surface area contributed by atoms with Crippen LogP contribution in [-0.2, 0) is 23.2 Å². The third-order valence-corrected chi connectivity index (χ3v) is 3.11.